The Bertz CT molecular complexity index is 700. The molecule has 0 aliphatic carbocycles. The predicted molar refractivity (Wildman–Crippen MR) is 144 cm³/mol. The van der Waals surface area contributed by atoms with E-state index in [1.54, 1.807) is 6.92 Å². The Hall–Kier alpha value is -1.33. The monoisotopic (exact) mass is 567 g/mol. The molecule has 0 aromatic carbocycles. The van der Waals surface area contributed by atoms with Crippen molar-refractivity contribution in [3.05, 3.63) is 11.6 Å². The van der Waals surface area contributed by atoms with Crippen LogP contribution < -0.4 is 5.48 Å². The first-order chi connectivity index (χ1) is 18.1. The highest BCUT2D eigenvalue weighted by atomic mass is 31.2. The topological polar surface area (TPSA) is 161 Å². The number of allylic oxidation sites excluding steroid dienone is 1. The van der Waals surface area contributed by atoms with Gasteiger partial charge in [0, 0.05) is 12.5 Å². The van der Waals surface area contributed by atoms with E-state index < -0.39 is 20.2 Å². The van der Waals surface area contributed by atoms with Gasteiger partial charge in [-0.2, -0.15) is 10.1 Å². The van der Waals surface area contributed by atoms with Crippen molar-refractivity contribution >= 4 is 19.8 Å². The van der Waals surface area contributed by atoms with Crippen LogP contribution in [0.1, 0.15) is 111 Å². The van der Waals surface area contributed by atoms with Crippen LogP contribution in [-0.2, 0) is 32.8 Å². The van der Waals surface area contributed by atoms with Crippen molar-refractivity contribution < 1.29 is 47.9 Å². The summed E-state index contributed by atoms with van der Waals surface area (Å²) in [7, 11) is -4.46. The SMILES string of the molecule is CCC(=O)OCCCCCCCCC(O)NOP(=O)(O)OC[C@H](O)CCCCCCCOC(=O)C=C(C)C. The molecule has 0 aromatic rings. The van der Waals surface area contributed by atoms with Gasteiger partial charge in [-0.1, -0.05) is 63.9 Å². The second-order valence-corrected chi connectivity index (χ2v) is 11.0. The van der Waals surface area contributed by atoms with Crippen LogP contribution in [0.4, 0.5) is 0 Å². The number of phosphoric ester groups is 1. The molecule has 38 heavy (non-hydrogen) atoms. The summed E-state index contributed by atoms with van der Waals surface area (Å²) in [6.45, 7) is 5.90. The number of aliphatic hydroxyl groups is 2. The summed E-state index contributed by atoms with van der Waals surface area (Å²) in [6, 6.07) is 0. The molecule has 0 saturated heterocycles. The Morgan fingerprint density at radius 1 is 0.842 bits per heavy atom. The number of nitrogens with one attached hydrogen (secondary N) is 1. The summed E-state index contributed by atoms with van der Waals surface area (Å²) < 4.78 is 31.4. The highest BCUT2D eigenvalue weighted by molar-refractivity contribution is 7.47. The lowest BCUT2D eigenvalue weighted by Gasteiger charge is -2.17. The molecule has 0 heterocycles. The maximum absolute atomic E-state index is 11.9. The van der Waals surface area contributed by atoms with Crippen LogP contribution in [0.15, 0.2) is 11.6 Å². The molecule has 0 spiro atoms. The summed E-state index contributed by atoms with van der Waals surface area (Å²) in [5.41, 5.74) is 3.03. The first-order valence-electron chi connectivity index (χ1n) is 13.8. The van der Waals surface area contributed by atoms with Gasteiger partial charge in [-0.15, -0.1) is 0 Å². The average Bonchev–Trinajstić information content (AvgIpc) is 2.86. The Kier molecular flexibility index (Phi) is 22.7. The third kappa shape index (κ3) is 25.0. The number of rotatable bonds is 25. The molecule has 0 aliphatic rings. The third-order valence-electron chi connectivity index (χ3n) is 5.49. The average molecular weight is 568 g/mol. The molecule has 2 unspecified atom stereocenters. The summed E-state index contributed by atoms with van der Waals surface area (Å²) in [5.74, 6) is -0.505. The number of carbonyl (C=O) groups is 2. The molecule has 0 aliphatic heterocycles. The van der Waals surface area contributed by atoms with Gasteiger partial charge in [-0.25, -0.2) is 9.36 Å². The van der Waals surface area contributed by atoms with Crippen LogP contribution >= 0.6 is 7.82 Å². The molecule has 0 bridgehead atoms. The smallest absolute Gasteiger partial charge is 0.466 e. The van der Waals surface area contributed by atoms with Crippen LogP contribution in [0.2, 0.25) is 0 Å². The molecule has 4 N–H and O–H groups in total. The minimum absolute atomic E-state index is 0.181. The molecule has 0 amide bonds. The van der Waals surface area contributed by atoms with Crippen molar-refractivity contribution in [1.82, 2.24) is 5.48 Å². The molecule has 3 atom stereocenters. The van der Waals surface area contributed by atoms with Crippen LogP contribution in [0.25, 0.3) is 0 Å². The Labute approximate surface area is 227 Å². The minimum atomic E-state index is -4.46. The molecule has 0 saturated carbocycles. The number of aliphatic hydroxyl groups excluding tert-OH is 2. The number of carbonyl (C=O) groups excluding carboxylic acids is 2. The molecule has 0 radical (unpaired) electrons. The van der Waals surface area contributed by atoms with E-state index in [-0.39, 0.29) is 18.5 Å². The normalized spacial score (nSPS) is 14.4. The molecule has 0 fully saturated rings. The fraction of sp³-hybridized carbons (Fsp3) is 0.846. The Morgan fingerprint density at radius 2 is 1.37 bits per heavy atom. The molecular weight excluding hydrogens is 517 g/mol. The van der Waals surface area contributed by atoms with E-state index in [1.165, 1.54) is 6.08 Å². The predicted octanol–water partition coefficient (Wildman–Crippen LogP) is 4.84. The van der Waals surface area contributed by atoms with Gasteiger partial charge < -0.3 is 24.6 Å². The van der Waals surface area contributed by atoms with Crippen molar-refractivity contribution in [3.63, 3.8) is 0 Å². The number of hydroxylamine groups is 1. The van der Waals surface area contributed by atoms with E-state index in [9.17, 15) is 29.3 Å². The van der Waals surface area contributed by atoms with Gasteiger partial charge in [0.15, 0.2) is 0 Å². The highest BCUT2D eigenvalue weighted by Crippen LogP contribution is 2.42. The Balaban J connectivity index is 3.68. The van der Waals surface area contributed by atoms with Gasteiger partial charge in [-0.05, 0) is 46.0 Å². The second kappa shape index (κ2) is 23.5. The number of esters is 2. The fourth-order valence-electron chi connectivity index (χ4n) is 3.37. The van der Waals surface area contributed by atoms with E-state index in [1.807, 2.05) is 13.8 Å². The standard InChI is InChI=1S/C26H50NO10P/c1-4-25(30)34-18-14-10-6-5-9-13-17-24(29)27-37-38(32,33)36-21-23(28)16-12-8-7-11-15-19-35-26(31)20-22(2)3/h20,23-24,27-29H,4-19,21H2,1-3H3,(H,32,33)/t23-,24?/m1/s1. The van der Waals surface area contributed by atoms with Crippen molar-refractivity contribution in [2.45, 2.75) is 123 Å². The van der Waals surface area contributed by atoms with Gasteiger partial charge in [0.2, 0.25) is 0 Å². The van der Waals surface area contributed by atoms with Gasteiger partial charge in [0.05, 0.1) is 25.9 Å². The lowest BCUT2D eigenvalue weighted by molar-refractivity contribution is -0.143. The number of unbranched alkanes of at least 4 members (excludes halogenated alkanes) is 9. The van der Waals surface area contributed by atoms with Crippen molar-refractivity contribution in [2.24, 2.45) is 0 Å². The first kappa shape index (κ1) is 36.7. The zero-order valence-corrected chi connectivity index (χ0v) is 24.3. The van der Waals surface area contributed by atoms with Gasteiger partial charge >= 0.3 is 19.8 Å². The quantitative estimate of drug-likeness (QED) is 0.0298. The lowest BCUT2D eigenvalue weighted by atomic mass is 10.1. The van der Waals surface area contributed by atoms with Crippen molar-refractivity contribution in [1.29, 1.82) is 0 Å². The Morgan fingerprint density at radius 3 is 1.95 bits per heavy atom. The molecule has 224 valence electrons. The van der Waals surface area contributed by atoms with Gasteiger partial charge in [-0.3, -0.25) is 9.32 Å². The number of ether oxygens (including phenoxy) is 2. The van der Waals surface area contributed by atoms with Crippen LogP contribution in [0.5, 0.6) is 0 Å². The highest BCUT2D eigenvalue weighted by Gasteiger charge is 2.24. The van der Waals surface area contributed by atoms with E-state index >= 15 is 0 Å². The van der Waals surface area contributed by atoms with E-state index in [0.29, 0.717) is 38.9 Å². The van der Waals surface area contributed by atoms with E-state index in [2.05, 4.69) is 10.1 Å². The van der Waals surface area contributed by atoms with Crippen LogP contribution in [-0.4, -0.2) is 59.2 Å². The van der Waals surface area contributed by atoms with E-state index in [0.717, 1.165) is 69.8 Å². The first-order valence-corrected chi connectivity index (χ1v) is 15.3. The molecule has 0 rings (SSSR count). The summed E-state index contributed by atoms with van der Waals surface area (Å²) in [4.78, 5) is 32.1. The zero-order chi connectivity index (χ0) is 28.7. The lowest BCUT2D eigenvalue weighted by Crippen LogP contribution is -2.28. The third-order valence-corrected chi connectivity index (χ3v) is 6.30. The molecular formula is C26H50NO10P. The molecule has 0 aromatic heterocycles. The summed E-state index contributed by atoms with van der Waals surface area (Å²) >= 11 is 0. The van der Waals surface area contributed by atoms with Crippen LogP contribution in [0, 0.1) is 0 Å². The zero-order valence-electron chi connectivity index (χ0n) is 23.4. The van der Waals surface area contributed by atoms with Gasteiger partial charge in [0.25, 0.3) is 0 Å². The van der Waals surface area contributed by atoms with Crippen molar-refractivity contribution in [2.75, 3.05) is 19.8 Å². The second-order valence-electron chi connectivity index (χ2n) is 9.57. The molecule has 12 heteroatoms. The summed E-state index contributed by atoms with van der Waals surface area (Å²) in [6.07, 6.45) is 10.1. The van der Waals surface area contributed by atoms with Crippen molar-refractivity contribution in [3.8, 4) is 0 Å². The number of hydrogen-bond acceptors (Lipinski definition) is 10. The number of hydrogen-bond donors (Lipinski definition) is 4. The van der Waals surface area contributed by atoms with Crippen LogP contribution in [0.3, 0.4) is 0 Å². The van der Waals surface area contributed by atoms with Gasteiger partial charge in [0.1, 0.15) is 6.23 Å². The minimum Gasteiger partial charge on any atom is -0.466 e. The maximum atomic E-state index is 11.9. The van der Waals surface area contributed by atoms with E-state index in [4.69, 9.17) is 14.0 Å². The maximum Gasteiger partial charge on any atom is 0.488 e. The summed E-state index contributed by atoms with van der Waals surface area (Å²) in [5, 5.41) is 19.8. The molecule has 11 nitrogen and oxygen atoms in total. The largest absolute Gasteiger partial charge is 0.488 e. The fourth-order valence-corrected chi connectivity index (χ4v) is 4.04. The number of phosphoric acid groups is 1.